The van der Waals surface area contributed by atoms with Crippen LogP contribution in [-0.4, -0.2) is 44.1 Å². The molecule has 0 saturated heterocycles. The summed E-state index contributed by atoms with van der Waals surface area (Å²) < 4.78 is 7.12. The number of aliphatic hydroxyl groups is 1. The van der Waals surface area contributed by atoms with Crippen LogP contribution in [0, 0.1) is 18.3 Å². The van der Waals surface area contributed by atoms with Crippen LogP contribution >= 0.6 is 0 Å². The zero-order valence-electron chi connectivity index (χ0n) is 21.0. The highest BCUT2D eigenvalue weighted by atomic mass is 16.5. The van der Waals surface area contributed by atoms with Crippen LogP contribution < -0.4 is 15.7 Å². The van der Waals surface area contributed by atoms with E-state index >= 15 is 0 Å². The fraction of sp³-hybridized carbons (Fsp3) is 0.310. The van der Waals surface area contributed by atoms with Crippen LogP contribution in [-0.2, 0) is 6.42 Å². The molecule has 9 heteroatoms. The number of fused-ring (bicyclic) bond motifs is 1. The number of nitriles is 1. The van der Waals surface area contributed by atoms with Gasteiger partial charge in [0.15, 0.2) is 0 Å². The number of carbonyl (C=O) groups is 1. The molecule has 0 aliphatic carbocycles. The maximum Gasteiger partial charge on any atom is 0.331 e. The molecular formula is C29H33N5O4. The number of H-pyrrole nitrogens is 1. The fourth-order valence-corrected chi connectivity index (χ4v) is 4.12. The van der Waals surface area contributed by atoms with Gasteiger partial charge in [0.05, 0.1) is 17.4 Å². The molecule has 0 aliphatic heterocycles. The van der Waals surface area contributed by atoms with Gasteiger partial charge in [0.2, 0.25) is 0 Å². The van der Waals surface area contributed by atoms with Crippen molar-refractivity contribution in [1.29, 1.82) is 5.26 Å². The third-order valence-electron chi connectivity index (χ3n) is 5.96. The van der Waals surface area contributed by atoms with Crippen molar-refractivity contribution in [3.8, 4) is 23.1 Å². The second-order valence-electron chi connectivity index (χ2n) is 9.17. The van der Waals surface area contributed by atoms with Crippen molar-refractivity contribution in [2.75, 3.05) is 6.61 Å². The van der Waals surface area contributed by atoms with Gasteiger partial charge in [-0.3, -0.25) is 9.20 Å². The summed E-state index contributed by atoms with van der Waals surface area (Å²) in [5.74, 6) is 0.111. The Kier molecular flexibility index (Phi) is 9.05. The summed E-state index contributed by atoms with van der Waals surface area (Å²) in [6, 6.07) is 14.3. The van der Waals surface area contributed by atoms with Gasteiger partial charge in [-0.25, -0.2) is 9.78 Å². The Morgan fingerprint density at radius 2 is 1.97 bits per heavy atom. The predicted octanol–water partition coefficient (Wildman–Crippen LogP) is 4.02. The molecule has 0 aliphatic rings. The molecule has 9 nitrogen and oxygen atoms in total. The third-order valence-corrected chi connectivity index (χ3v) is 5.96. The van der Waals surface area contributed by atoms with Crippen molar-refractivity contribution in [3.63, 3.8) is 0 Å². The highest BCUT2D eigenvalue weighted by Gasteiger charge is 2.17. The van der Waals surface area contributed by atoms with E-state index in [0.29, 0.717) is 41.1 Å². The third kappa shape index (κ3) is 6.28. The number of rotatable bonds is 9. The second kappa shape index (κ2) is 12.2. The first-order valence-corrected chi connectivity index (χ1v) is 12.1. The number of benzene rings is 2. The molecule has 2 aromatic carbocycles. The van der Waals surface area contributed by atoms with Gasteiger partial charge in [-0.2, -0.15) is 5.26 Å². The summed E-state index contributed by atoms with van der Waals surface area (Å²) in [5, 5.41) is 22.0. The van der Waals surface area contributed by atoms with Gasteiger partial charge in [0.1, 0.15) is 17.5 Å². The van der Waals surface area contributed by atoms with Crippen LogP contribution in [0.25, 0.3) is 16.9 Å². The van der Waals surface area contributed by atoms with Crippen molar-refractivity contribution >= 4 is 11.6 Å². The SMILES string of the molecule is C.Cc1c[nH]c(=O)n2cc(-c3ccc(C[C@@H](CCO)NC(=O)c4ccc(OC(C)C)c(C#N)c4)cc3)nc12. The average molecular weight is 516 g/mol. The summed E-state index contributed by atoms with van der Waals surface area (Å²) in [6.45, 7) is 5.54. The number of amides is 1. The van der Waals surface area contributed by atoms with Crippen molar-refractivity contribution in [3.05, 3.63) is 87.6 Å². The van der Waals surface area contributed by atoms with Crippen LogP contribution in [0.4, 0.5) is 0 Å². The molecule has 0 fully saturated rings. The molecule has 0 radical (unpaired) electrons. The molecule has 2 heterocycles. The van der Waals surface area contributed by atoms with E-state index < -0.39 is 0 Å². The Bertz CT molecular complexity index is 1510. The lowest BCUT2D eigenvalue weighted by atomic mass is 10.0. The highest BCUT2D eigenvalue weighted by molar-refractivity contribution is 5.95. The minimum Gasteiger partial charge on any atom is -0.490 e. The minimum atomic E-state index is -0.326. The van der Waals surface area contributed by atoms with Crippen LogP contribution in [0.3, 0.4) is 0 Å². The molecule has 0 saturated carbocycles. The number of aliphatic hydroxyl groups excluding tert-OH is 1. The van der Waals surface area contributed by atoms with E-state index in [9.17, 15) is 20.0 Å². The summed E-state index contributed by atoms with van der Waals surface area (Å²) in [4.78, 5) is 32.3. The second-order valence-corrected chi connectivity index (χ2v) is 9.17. The molecule has 2 aromatic heterocycles. The van der Waals surface area contributed by atoms with Crippen molar-refractivity contribution in [2.24, 2.45) is 0 Å². The molecule has 38 heavy (non-hydrogen) atoms. The van der Waals surface area contributed by atoms with Crippen LogP contribution in [0.15, 0.2) is 59.7 Å². The van der Waals surface area contributed by atoms with Crippen LogP contribution in [0.2, 0.25) is 0 Å². The van der Waals surface area contributed by atoms with E-state index in [4.69, 9.17) is 4.74 Å². The van der Waals surface area contributed by atoms with Gasteiger partial charge < -0.3 is 20.1 Å². The molecule has 198 valence electrons. The Balaban J connectivity index is 0.00000400. The van der Waals surface area contributed by atoms with E-state index in [0.717, 1.165) is 16.7 Å². The average Bonchev–Trinajstić information content (AvgIpc) is 3.34. The summed E-state index contributed by atoms with van der Waals surface area (Å²) in [7, 11) is 0. The van der Waals surface area contributed by atoms with Crippen LogP contribution in [0.1, 0.15) is 54.7 Å². The molecule has 0 spiro atoms. The standard InChI is InChI=1S/C28H29N5O4.CH4/c1-17(2)37-25-9-8-21(13-22(25)14-29)27(35)31-23(10-11-34)12-19-4-6-20(7-5-19)24-16-33-26(32-24)18(3)15-30-28(33)36;/h4-9,13,15-17,23,34H,10-12H2,1-3H3,(H,30,36)(H,31,35);1H4/t23-;/m1./s1. The molecule has 1 amide bonds. The van der Waals surface area contributed by atoms with Gasteiger partial charge in [-0.05, 0) is 57.4 Å². The van der Waals surface area contributed by atoms with Gasteiger partial charge in [0.25, 0.3) is 5.91 Å². The molecule has 0 bridgehead atoms. The van der Waals surface area contributed by atoms with E-state index in [1.165, 1.54) is 10.5 Å². The van der Waals surface area contributed by atoms with E-state index in [1.807, 2.05) is 45.0 Å². The number of nitrogens with zero attached hydrogens (tertiary/aromatic N) is 3. The molecule has 1 atom stereocenters. The van der Waals surface area contributed by atoms with Gasteiger partial charge in [-0.15, -0.1) is 0 Å². The highest BCUT2D eigenvalue weighted by Crippen LogP contribution is 2.22. The zero-order valence-corrected chi connectivity index (χ0v) is 21.0. The Morgan fingerprint density at radius 3 is 2.61 bits per heavy atom. The first-order chi connectivity index (χ1) is 17.8. The van der Waals surface area contributed by atoms with Crippen molar-refractivity contribution in [1.82, 2.24) is 19.7 Å². The minimum absolute atomic E-state index is 0. The lowest BCUT2D eigenvalue weighted by Gasteiger charge is -2.19. The quantitative estimate of drug-likeness (QED) is 0.308. The largest absolute Gasteiger partial charge is 0.490 e. The van der Waals surface area contributed by atoms with Crippen molar-refractivity contribution in [2.45, 2.75) is 53.2 Å². The molecular weight excluding hydrogens is 482 g/mol. The molecule has 0 unspecified atom stereocenters. The Morgan fingerprint density at radius 1 is 1.24 bits per heavy atom. The number of ether oxygens (including phenoxy) is 1. The molecule has 4 aromatic rings. The maximum absolute atomic E-state index is 12.9. The van der Waals surface area contributed by atoms with E-state index in [1.54, 1.807) is 24.5 Å². The number of hydrogen-bond donors (Lipinski definition) is 3. The smallest absolute Gasteiger partial charge is 0.331 e. The van der Waals surface area contributed by atoms with E-state index in [2.05, 4.69) is 21.4 Å². The number of nitrogens with one attached hydrogen (secondary N) is 2. The van der Waals surface area contributed by atoms with Gasteiger partial charge >= 0.3 is 5.69 Å². The monoisotopic (exact) mass is 515 g/mol. The molecule has 3 N–H and O–H groups in total. The normalized spacial score (nSPS) is 11.6. The summed E-state index contributed by atoms with van der Waals surface area (Å²) in [6.07, 6.45) is 4.14. The predicted molar refractivity (Wildman–Crippen MR) is 146 cm³/mol. The fourth-order valence-electron chi connectivity index (χ4n) is 4.12. The van der Waals surface area contributed by atoms with Gasteiger partial charge in [-0.1, -0.05) is 31.7 Å². The number of imidazole rings is 1. The van der Waals surface area contributed by atoms with Crippen molar-refractivity contribution < 1.29 is 14.6 Å². The Hall–Kier alpha value is -4.42. The Labute approximate surface area is 221 Å². The zero-order chi connectivity index (χ0) is 26.5. The van der Waals surface area contributed by atoms with Crippen LogP contribution in [0.5, 0.6) is 5.75 Å². The number of aryl methyl sites for hydroxylation is 1. The summed E-state index contributed by atoms with van der Waals surface area (Å²) in [5.41, 5.74) is 4.39. The number of carbonyl (C=O) groups excluding carboxylic acids is 1. The maximum atomic E-state index is 12.9. The lowest BCUT2D eigenvalue weighted by Crippen LogP contribution is -2.37. The summed E-state index contributed by atoms with van der Waals surface area (Å²) >= 11 is 0. The topological polar surface area (TPSA) is 133 Å². The number of aromatic nitrogens is 3. The van der Waals surface area contributed by atoms with Gasteiger partial charge in [0, 0.05) is 41.7 Å². The first kappa shape index (κ1) is 28.2. The first-order valence-electron chi connectivity index (χ1n) is 12.1. The molecule has 4 rings (SSSR count). The number of hydrogen-bond acceptors (Lipinski definition) is 6. The number of aromatic amines is 1. The van der Waals surface area contributed by atoms with E-state index in [-0.39, 0.29) is 37.8 Å². The lowest BCUT2D eigenvalue weighted by molar-refractivity contribution is 0.0930.